The van der Waals surface area contributed by atoms with E-state index in [0.29, 0.717) is 6.54 Å². The van der Waals surface area contributed by atoms with Gasteiger partial charge < -0.3 is 9.72 Å². The van der Waals surface area contributed by atoms with Gasteiger partial charge in [0.1, 0.15) is 5.65 Å². The van der Waals surface area contributed by atoms with Crippen molar-refractivity contribution in [1.82, 2.24) is 14.7 Å². The minimum absolute atomic E-state index is 0.0300. The van der Waals surface area contributed by atoms with Gasteiger partial charge in [0.15, 0.2) is 0 Å². The van der Waals surface area contributed by atoms with Crippen molar-refractivity contribution in [3.05, 3.63) is 71.2 Å². The SMILES string of the molecule is Cc1ccn2c3c(nc2c1)CCC(C(=O)NCc1ccccc1)C3. The number of nitrogens with zero attached hydrogens (tertiary/aromatic N) is 2. The highest BCUT2D eigenvalue weighted by atomic mass is 16.1. The Bertz CT molecular complexity index is 883. The van der Waals surface area contributed by atoms with Crippen LogP contribution in [0.4, 0.5) is 0 Å². The molecule has 0 bridgehead atoms. The van der Waals surface area contributed by atoms with Gasteiger partial charge in [-0.3, -0.25) is 4.79 Å². The third kappa shape index (κ3) is 2.80. The van der Waals surface area contributed by atoms with Crippen LogP contribution < -0.4 is 5.32 Å². The van der Waals surface area contributed by atoms with Crippen LogP contribution in [0.25, 0.3) is 5.65 Å². The van der Waals surface area contributed by atoms with Gasteiger partial charge in [-0.05, 0) is 43.0 Å². The smallest absolute Gasteiger partial charge is 0.223 e. The van der Waals surface area contributed by atoms with E-state index in [1.165, 1.54) is 11.3 Å². The number of fused-ring (bicyclic) bond motifs is 3. The molecular formula is C20H21N3O. The number of carbonyl (C=O) groups excluding carboxylic acids is 1. The Morgan fingerprint density at radius 2 is 2.12 bits per heavy atom. The maximum absolute atomic E-state index is 12.6. The van der Waals surface area contributed by atoms with E-state index in [0.717, 1.165) is 36.2 Å². The average Bonchev–Trinajstić information content (AvgIpc) is 2.97. The molecule has 122 valence electrons. The summed E-state index contributed by atoms with van der Waals surface area (Å²) in [7, 11) is 0. The number of aryl methyl sites for hydroxylation is 2. The second-order valence-electron chi connectivity index (χ2n) is 6.58. The summed E-state index contributed by atoms with van der Waals surface area (Å²) in [6.07, 6.45) is 4.58. The number of amides is 1. The number of hydrogen-bond donors (Lipinski definition) is 1. The molecule has 4 heteroatoms. The Morgan fingerprint density at radius 3 is 2.96 bits per heavy atom. The second kappa shape index (κ2) is 6.11. The van der Waals surface area contributed by atoms with Crippen molar-refractivity contribution in [2.45, 2.75) is 32.7 Å². The lowest BCUT2D eigenvalue weighted by Crippen LogP contribution is -2.34. The largest absolute Gasteiger partial charge is 0.352 e. The van der Waals surface area contributed by atoms with E-state index in [4.69, 9.17) is 4.98 Å². The Morgan fingerprint density at radius 1 is 1.29 bits per heavy atom. The van der Waals surface area contributed by atoms with Crippen molar-refractivity contribution in [3.8, 4) is 0 Å². The monoisotopic (exact) mass is 319 g/mol. The van der Waals surface area contributed by atoms with E-state index in [1.54, 1.807) is 0 Å². The lowest BCUT2D eigenvalue weighted by atomic mass is 9.89. The molecular weight excluding hydrogens is 298 g/mol. The molecule has 0 fully saturated rings. The van der Waals surface area contributed by atoms with Crippen molar-refractivity contribution < 1.29 is 4.79 Å². The first-order valence-corrected chi connectivity index (χ1v) is 8.49. The molecule has 0 aliphatic heterocycles. The predicted molar refractivity (Wildman–Crippen MR) is 93.7 cm³/mol. The number of aromatic nitrogens is 2. The maximum atomic E-state index is 12.6. The summed E-state index contributed by atoms with van der Waals surface area (Å²) in [5.74, 6) is 0.175. The summed E-state index contributed by atoms with van der Waals surface area (Å²) in [4.78, 5) is 17.3. The molecule has 4 nitrogen and oxygen atoms in total. The normalized spacial score (nSPS) is 16.8. The number of hydrogen-bond acceptors (Lipinski definition) is 2. The van der Waals surface area contributed by atoms with Crippen LogP contribution in [0.15, 0.2) is 48.7 Å². The molecule has 1 N–H and O–H groups in total. The van der Waals surface area contributed by atoms with Crippen molar-refractivity contribution >= 4 is 11.6 Å². The van der Waals surface area contributed by atoms with Gasteiger partial charge >= 0.3 is 0 Å². The summed E-state index contributed by atoms with van der Waals surface area (Å²) < 4.78 is 2.14. The molecule has 1 aromatic carbocycles. The summed E-state index contributed by atoms with van der Waals surface area (Å²) >= 11 is 0. The highest BCUT2D eigenvalue weighted by molar-refractivity contribution is 5.79. The molecule has 0 saturated heterocycles. The lowest BCUT2D eigenvalue weighted by molar-refractivity contribution is -0.125. The van der Waals surface area contributed by atoms with Crippen LogP contribution in [0, 0.1) is 12.8 Å². The molecule has 2 heterocycles. The van der Waals surface area contributed by atoms with Crippen LogP contribution in [0.2, 0.25) is 0 Å². The molecule has 2 aromatic heterocycles. The van der Waals surface area contributed by atoms with E-state index in [9.17, 15) is 4.79 Å². The van der Waals surface area contributed by atoms with Gasteiger partial charge in [-0.25, -0.2) is 4.98 Å². The van der Waals surface area contributed by atoms with Gasteiger partial charge in [0.25, 0.3) is 0 Å². The van der Waals surface area contributed by atoms with Crippen LogP contribution in [-0.2, 0) is 24.2 Å². The zero-order chi connectivity index (χ0) is 16.5. The van der Waals surface area contributed by atoms with Crippen LogP contribution >= 0.6 is 0 Å². The maximum Gasteiger partial charge on any atom is 0.223 e. The van der Waals surface area contributed by atoms with Crippen molar-refractivity contribution in [2.75, 3.05) is 0 Å². The number of imidazole rings is 1. The minimum atomic E-state index is 0.0300. The minimum Gasteiger partial charge on any atom is -0.352 e. The van der Waals surface area contributed by atoms with E-state index in [-0.39, 0.29) is 11.8 Å². The van der Waals surface area contributed by atoms with Gasteiger partial charge in [-0.1, -0.05) is 30.3 Å². The lowest BCUT2D eigenvalue weighted by Gasteiger charge is -2.21. The first-order chi connectivity index (χ1) is 11.7. The molecule has 0 saturated carbocycles. The standard InChI is InChI=1S/C20H21N3O/c1-14-9-10-23-18-12-16(7-8-17(18)22-19(23)11-14)20(24)21-13-15-5-3-2-4-6-15/h2-6,9-11,16H,7-8,12-13H2,1H3,(H,21,24). The molecule has 24 heavy (non-hydrogen) atoms. The molecule has 1 unspecified atom stereocenters. The number of nitrogens with one attached hydrogen (secondary N) is 1. The van der Waals surface area contributed by atoms with Crippen LogP contribution in [-0.4, -0.2) is 15.3 Å². The summed E-state index contributed by atoms with van der Waals surface area (Å²) in [5.41, 5.74) is 5.67. The summed E-state index contributed by atoms with van der Waals surface area (Å²) in [6.45, 7) is 2.67. The highest BCUT2D eigenvalue weighted by Crippen LogP contribution is 2.27. The molecule has 0 radical (unpaired) electrons. The quantitative estimate of drug-likeness (QED) is 0.806. The van der Waals surface area contributed by atoms with Gasteiger partial charge in [0.05, 0.1) is 5.69 Å². The third-order valence-corrected chi connectivity index (χ3v) is 4.81. The second-order valence-corrected chi connectivity index (χ2v) is 6.58. The Hall–Kier alpha value is -2.62. The fourth-order valence-corrected chi connectivity index (χ4v) is 3.46. The topological polar surface area (TPSA) is 46.4 Å². The third-order valence-electron chi connectivity index (χ3n) is 4.81. The fourth-order valence-electron chi connectivity index (χ4n) is 3.46. The number of carbonyl (C=O) groups is 1. The Labute approximate surface area is 141 Å². The molecule has 1 aliphatic carbocycles. The van der Waals surface area contributed by atoms with Crippen molar-refractivity contribution in [2.24, 2.45) is 5.92 Å². The van der Waals surface area contributed by atoms with Gasteiger partial charge in [-0.15, -0.1) is 0 Å². The molecule has 1 aliphatic rings. The Balaban J connectivity index is 1.49. The van der Waals surface area contributed by atoms with Gasteiger partial charge in [0.2, 0.25) is 5.91 Å². The molecule has 1 atom stereocenters. The van der Waals surface area contributed by atoms with Crippen LogP contribution in [0.3, 0.4) is 0 Å². The number of rotatable bonds is 3. The van der Waals surface area contributed by atoms with Crippen LogP contribution in [0.5, 0.6) is 0 Å². The predicted octanol–water partition coefficient (Wildman–Crippen LogP) is 3.06. The van der Waals surface area contributed by atoms with Crippen LogP contribution in [0.1, 0.15) is 28.9 Å². The molecule has 1 amide bonds. The zero-order valence-corrected chi connectivity index (χ0v) is 13.8. The van der Waals surface area contributed by atoms with Gasteiger partial charge in [-0.2, -0.15) is 0 Å². The number of pyridine rings is 1. The number of benzene rings is 1. The zero-order valence-electron chi connectivity index (χ0n) is 13.8. The fraction of sp³-hybridized carbons (Fsp3) is 0.300. The summed E-state index contributed by atoms with van der Waals surface area (Å²) in [5, 5.41) is 3.08. The van der Waals surface area contributed by atoms with E-state index >= 15 is 0 Å². The molecule has 3 aromatic rings. The summed E-state index contributed by atoms with van der Waals surface area (Å²) in [6, 6.07) is 14.2. The van der Waals surface area contributed by atoms with Crippen molar-refractivity contribution in [3.63, 3.8) is 0 Å². The van der Waals surface area contributed by atoms with Crippen molar-refractivity contribution in [1.29, 1.82) is 0 Å². The average molecular weight is 319 g/mol. The molecule has 4 rings (SSSR count). The molecule has 0 spiro atoms. The first-order valence-electron chi connectivity index (χ1n) is 8.49. The Kier molecular flexibility index (Phi) is 3.81. The van der Waals surface area contributed by atoms with E-state index in [1.807, 2.05) is 30.3 Å². The van der Waals surface area contributed by atoms with E-state index < -0.39 is 0 Å². The highest BCUT2D eigenvalue weighted by Gasteiger charge is 2.27. The van der Waals surface area contributed by atoms with Gasteiger partial charge in [0, 0.05) is 30.8 Å². The van der Waals surface area contributed by atoms with E-state index in [2.05, 4.69) is 35.0 Å². The first kappa shape index (κ1) is 14.9.